The van der Waals surface area contributed by atoms with Gasteiger partial charge in [-0.2, -0.15) is 9.41 Å². The van der Waals surface area contributed by atoms with E-state index in [-0.39, 0.29) is 0 Å². The predicted octanol–water partition coefficient (Wildman–Crippen LogP) is 5.33. The molecule has 1 fully saturated rings. The fourth-order valence-electron chi connectivity index (χ4n) is 3.38. The second-order valence-corrected chi connectivity index (χ2v) is 10.7. The molecule has 0 amide bonds. The van der Waals surface area contributed by atoms with E-state index in [1.807, 2.05) is 29.6 Å². The molecule has 0 bridgehead atoms. The second kappa shape index (κ2) is 9.48. The van der Waals surface area contributed by atoms with E-state index in [1.165, 1.54) is 11.3 Å². The highest BCUT2D eigenvalue weighted by atomic mass is 35.5. The molecule has 2 heterocycles. The Bertz CT molecular complexity index is 1190. The largest absolute Gasteiger partial charge is 0.253 e. The molecule has 1 saturated heterocycles. The fourth-order valence-corrected chi connectivity index (χ4v) is 5.75. The number of aromatic nitrogens is 1. The van der Waals surface area contributed by atoms with Gasteiger partial charge in [0.25, 0.3) is 0 Å². The standard InChI is InChI=1S/C22H23ClN4O2S2/c1-16-9-11-27(12-10-16)31(28,29)19-7-4-6-17(13-19)21-15-30-22(25-21)26-24-14-18-5-2-3-8-20(18)23/h2-8,13-16H,9-12H2,1H3,(H,25,26). The molecule has 2 aromatic carbocycles. The summed E-state index contributed by atoms with van der Waals surface area (Å²) in [6, 6.07) is 14.4. The zero-order chi connectivity index (χ0) is 21.8. The van der Waals surface area contributed by atoms with Crippen LogP contribution in [-0.4, -0.2) is 37.0 Å². The third kappa shape index (κ3) is 5.15. The molecule has 1 aliphatic heterocycles. The van der Waals surface area contributed by atoms with Crippen molar-refractivity contribution in [3.8, 4) is 11.3 Å². The molecule has 0 unspecified atom stereocenters. The first-order valence-electron chi connectivity index (χ1n) is 10.0. The predicted molar refractivity (Wildman–Crippen MR) is 127 cm³/mol. The molecule has 0 aliphatic carbocycles. The number of nitrogens with one attached hydrogen (secondary N) is 1. The normalized spacial score (nSPS) is 16.1. The van der Waals surface area contributed by atoms with E-state index in [9.17, 15) is 8.42 Å². The number of thiazole rings is 1. The van der Waals surface area contributed by atoms with Crippen LogP contribution in [-0.2, 0) is 10.0 Å². The van der Waals surface area contributed by atoms with Crippen molar-refractivity contribution in [2.45, 2.75) is 24.7 Å². The van der Waals surface area contributed by atoms with Crippen LogP contribution in [0.5, 0.6) is 0 Å². The summed E-state index contributed by atoms with van der Waals surface area (Å²) in [4.78, 5) is 4.84. The van der Waals surface area contributed by atoms with Crippen molar-refractivity contribution < 1.29 is 8.42 Å². The SMILES string of the molecule is CC1CCN(S(=O)(=O)c2cccc(-c3csc(NN=Cc4ccccc4Cl)n3)c2)CC1. The van der Waals surface area contributed by atoms with Crippen LogP contribution in [0, 0.1) is 5.92 Å². The summed E-state index contributed by atoms with van der Waals surface area (Å²) in [6.07, 6.45) is 3.43. The number of benzene rings is 2. The first-order chi connectivity index (χ1) is 14.9. The summed E-state index contributed by atoms with van der Waals surface area (Å²) < 4.78 is 27.7. The van der Waals surface area contributed by atoms with E-state index in [0.717, 1.165) is 24.0 Å². The number of anilines is 1. The number of hydrogen-bond donors (Lipinski definition) is 1. The lowest BCUT2D eigenvalue weighted by molar-refractivity contribution is 0.288. The van der Waals surface area contributed by atoms with Gasteiger partial charge in [0.15, 0.2) is 0 Å². The molecule has 162 valence electrons. The van der Waals surface area contributed by atoms with Crippen LogP contribution < -0.4 is 5.43 Å². The van der Waals surface area contributed by atoms with Gasteiger partial charge in [-0.1, -0.05) is 48.9 Å². The Hall–Kier alpha value is -2.26. The van der Waals surface area contributed by atoms with Gasteiger partial charge in [0.2, 0.25) is 15.2 Å². The van der Waals surface area contributed by atoms with Crippen molar-refractivity contribution >= 4 is 44.3 Å². The van der Waals surface area contributed by atoms with Crippen LogP contribution in [0.15, 0.2) is 63.9 Å². The van der Waals surface area contributed by atoms with E-state index in [1.54, 1.807) is 34.8 Å². The smallest absolute Gasteiger partial charge is 0.243 e. The van der Waals surface area contributed by atoms with Crippen molar-refractivity contribution in [1.29, 1.82) is 0 Å². The van der Waals surface area contributed by atoms with Crippen LogP contribution in [0.4, 0.5) is 5.13 Å². The molecule has 4 rings (SSSR count). The number of rotatable bonds is 6. The molecule has 9 heteroatoms. The van der Waals surface area contributed by atoms with Gasteiger partial charge in [0.1, 0.15) is 0 Å². The van der Waals surface area contributed by atoms with E-state index >= 15 is 0 Å². The summed E-state index contributed by atoms with van der Waals surface area (Å²) in [7, 11) is -3.50. The van der Waals surface area contributed by atoms with Crippen LogP contribution in [0.2, 0.25) is 5.02 Å². The minimum Gasteiger partial charge on any atom is -0.253 e. The van der Waals surface area contributed by atoms with Gasteiger partial charge in [-0.3, -0.25) is 5.43 Å². The lowest BCUT2D eigenvalue weighted by Crippen LogP contribution is -2.37. The van der Waals surface area contributed by atoms with Crippen LogP contribution in [0.1, 0.15) is 25.3 Å². The highest BCUT2D eigenvalue weighted by molar-refractivity contribution is 7.89. The van der Waals surface area contributed by atoms with Gasteiger partial charge >= 0.3 is 0 Å². The second-order valence-electron chi connectivity index (χ2n) is 7.54. The molecule has 1 aliphatic rings. The lowest BCUT2D eigenvalue weighted by Gasteiger charge is -2.29. The minimum atomic E-state index is -3.50. The van der Waals surface area contributed by atoms with E-state index in [4.69, 9.17) is 11.6 Å². The third-order valence-corrected chi connectivity index (χ3v) is 8.27. The first kappa shape index (κ1) is 22.0. The summed E-state index contributed by atoms with van der Waals surface area (Å²) >= 11 is 7.52. The molecule has 1 N–H and O–H groups in total. The molecule has 6 nitrogen and oxygen atoms in total. The maximum Gasteiger partial charge on any atom is 0.243 e. The summed E-state index contributed by atoms with van der Waals surface area (Å²) in [5, 5.41) is 7.29. The molecular weight excluding hydrogens is 452 g/mol. The van der Waals surface area contributed by atoms with E-state index in [0.29, 0.717) is 39.8 Å². The molecule has 0 atom stereocenters. The van der Waals surface area contributed by atoms with Crippen molar-refractivity contribution in [2.24, 2.45) is 11.0 Å². The summed E-state index contributed by atoms with van der Waals surface area (Å²) in [5.41, 5.74) is 5.16. The van der Waals surface area contributed by atoms with Gasteiger partial charge in [-0.05, 0) is 37.0 Å². The highest BCUT2D eigenvalue weighted by Crippen LogP contribution is 2.29. The summed E-state index contributed by atoms with van der Waals surface area (Å²) in [6.45, 7) is 3.31. The highest BCUT2D eigenvalue weighted by Gasteiger charge is 2.28. The fraction of sp³-hybridized carbons (Fsp3) is 0.273. The van der Waals surface area contributed by atoms with Gasteiger partial charge in [0, 0.05) is 34.6 Å². The van der Waals surface area contributed by atoms with Gasteiger partial charge in [-0.25, -0.2) is 13.4 Å². The van der Waals surface area contributed by atoms with Gasteiger partial charge < -0.3 is 0 Å². The third-order valence-electron chi connectivity index (χ3n) is 5.28. The van der Waals surface area contributed by atoms with Gasteiger partial charge in [0.05, 0.1) is 16.8 Å². The van der Waals surface area contributed by atoms with Gasteiger partial charge in [-0.15, -0.1) is 11.3 Å². The van der Waals surface area contributed by atoms with Crippen molar-refractivity contribution in [3.05, 3.63) is 64.5 Å². The Kier molecular flexibility index (Phi) is 6.71. The van der Waals surface area contributed by atoms with Crippen molar-refractivity contribution in [2.75, 3.05) is 18.5 Å². The molecule has 0 spiro atoms. The average molecular weight is 475 g/mol. The van der Waals surface area contributed by atoms with Crippen molar-refractivity contribution in [3.63, 3.8) is 0 Å². The van der Waals surface area contributed by atoms with Crippen LogP contribution in [0.3, 0.4) is 0 Å². The zero-order valence-corrected chi connectivity index (χ0v) is 19.4. The molecule has 31 heavy (non-hydrogen) atoms. The van der Waals surface area contributed by atoms with Crippen LogP contribution >= 0.6 is 22.9 Å². The minimum absolute atomic E-state index is 0.304. The Balaban J connectivity index is 1.48. The molecule has 0 saturated carbocycles. The number of halogens is 1. The number of hydrazone groups is 1. The maximum absolute atomic E-state index is 13.1. The maximum atomic E-state index is 13.1. The van der Waals surface area contributed by atoms with Crippen molar-refractivity contribution in [1.82, 2.24) is 9.29 Å². The monoisotopic (exact) mass is 474 g/mol. The first-order valence-corrected chi connectivity index (χ1v) is 12.7. The molecule has 3 aromatic rings. The Morgan fingerprint density at radius 1 is 1.19 bits per heavy atom. The number of sulfonamides is 1. The number of piperidine rings is 1. The Morgan fingerprint density at radius 2 is 1.97 bits per heavy atom. The topological polar surface area (TPSA) is 74.7 Å². The van der Waals surface area contributed by atoms with E-state index < -0.39 is 10.0 Å². The van der Waals surface area contributed by atoms with E-state index in [2.05, 4.69) is 22.4 Å². The number of hydrogen-bond acceptors (Lipinski definition) is 6. The summed E-state index contributed by atoms with van der Waals surface area (Å²) in [5.74, 6) is 0.569. The Labute approximate surface area is 191 Å². The molecular formula is C22H23ClN4O2S2. The zero-order valence-electron chi connectivity index (χ0n) is 17.0. The Morgan fingerprint density at radius 3 is 2.74 bits per heavy atom. The molecule has 1 aromatic heterocycles. The molecule has 0 radical (unpaired) electrons. The number of nitrogens with zero attached hydrogens (tertiary/aromatic N) is 3. The quantitative estimate of drug-likeness (QED) is 0.387. The average Bonchev–Trinajstić information content (AvgIpc) is 3.24. The van der Waals surface area contributed by atoms with Crippen LogP contribution in [0.25, 0.3) is 11.3 Å². The lowest BCUT2D eigenvalue weighted by atomic mass is 10.0.